The van der Waals surface area contributed by atoms with Crippen LogP contribution in [0.1, 0.15) is 72.1 Å². The number of nitrogens with zero attached hydrogens (tertiary/aromatic N) is 1. The lowest BCUT2D eigenvalue weighted by atomic mass is 9.98. The highest BCUT2D eigenvalue weighted by Crippen LogP contribution is 2.31. The van der Waals surface area contributed by atoms with Gasteiger partial charge in [0, 0.05) is 24.3 Å². The normalized spacial score (nSPS) is 14.4. The van der Waals surface area contributed by atoms with Gasteiger partial charge in [0.05, 0.1) is 17.4 Å². The summed E-state index contributed by atoms with van der Waals surface area (Å²) in [6.07, 6.45) is 5.59. The zero-order valence-corrected chi connectivity index (χ0v) is 24.0. The summed E-state index contributed by atoms with van der Waals surface area (Å²) in [4.78, 5) is 30.2. The summed E-state index contributed by atoms with van der Waals surface area (Å²) in [5.41, 5.74) is 6.56. The third-order valence-corrected chi connectivity index (χ3v) is 8.40. The van der Waals surface area contributed by atoms with Gasteiger partial charge in [0.15, 0.2) is 0 Å². The van der Waals surface area contributed by atoms with Crippen LogP contribution < -0.4 is 20.5 Å². The molecule has 0 spiro atoms. The van der Waals surface area contributed by atoms with E-state index in [4.69, 9.17) is 0 Å². The average Bonchev–Trinajstić information content (AvgIpc) is 2.97. The van der Waals surface area contributed by atoms with Crippen LogP contribution in [-0.2, 0) is 21.2 Å². The van der Waals surface area contributed by atoms with Crippen molar-refractivity contribution in [2.75, 3.05) is 18.0 Å². The fourth-order valence-corrected chi connectivity index (χ4v) is 5.81. The van der Waals surface area contributed by atoms with E-state index >= 15 is 0 Å². The Morgan fingerprint density at radius 2 is 1.57 bits per heavy atom. The number of rotatable bonds is 11. The van der Waals surface area contributed by atoms with E-state index in [-0.39, 0.29) is 28.8 Å². The predicted molar refractivity (Wildman–Crippen MR) is 157 cm³/mol. The van der Waals surface area contributed by atoms with E-state index in [1.165, 1.54) is 37.1 Å². The Balaban J connectivity index is 1.36. The zero-order chi connectivity index (χ0) is 28.5. The smallest absolute Gasteiger partial charge is 0.266 e. The van der Waals surface area contributed by atoms with Crippen molar-refractivity contribution in [3.8, 4) is 0 Å². The van der Waals surface area contributed by atoms with Gasteiger partial charge in [-0.25, -0.2) is 8.42 Å². The second-order valence-corrected chi connectivity index (χ2v) is 11.9. The summed E-state index contributed by atoms with van der Waals surface area (Å²) in [6.45, 7) is 6.06. The molecule has 9 heteroatoms. The van der Waals surface area contributed by atoms with Crippen LogP contribution in [0.2, 0.25) is 0 Å². The van der Waals surface area contributed by atoms with Crippen LogP contribution in [0.3, 0.4) is 0 Å². The van der Waals surface area contributed by atoms with E-state index < -0.39 is 15.9 Å². The van der Waals surface area contributed by atoms with Crippen molar-refractivity contribution in [1.82, 2.24) is 15.6 Å². The molecule has 2 amide bonds. The van der Waals surface area contributed by atoms with Gasteiger partial charge >= 0.3 is 0 Å². The van der Waals surface area contributed by atoms with E-state index in [0.717, 1.165) is 42.6 Å². The number of sulfonamides is 1. The van der Waals surface area contributed by atoms with Gasteiger partial charge in [-0.2, -0.15) is 0 Å². The number of benzene rings is 3. The lowest BCUT2D eigenvalue weighted by molar-refractivity contribution is -0.121. The molecular formula is C31H38N4O4S. The number of anilines is 1. The van der Waals surface area contributed by atoms with E-state index in [9.17, 15) is 18.0 Å². The Labute approximate surface area is 237 Å². The SMILES string of the molecule is CCCC(NC(=O)Cc1ccc(C(=O)NNS(=O)(=O)c2ccc(C)cc2)cc1)c1ccccc1N1CCCCC1. The molecule has 3 N–H and O–H groups in total. The number of amides is 2. The van der Waals surface area contributed by atoms with Crippen LogP contribution >= 0.6 is 0 Å². The van der Waals surface area contributed by atoms with Crippen molar-refractivity contribution >= 4 is 27.5 Å². The Kier molecular flexibility index (Phi) is 9.95. The number of piperidine rings is 1. The molecule has 0 aromatic heterocycles. The van der Waals surface area contributed by atoms with Gasteiger partial charge in [0.25, 0.3) is 15.9 Å². The fourth-order valence-electron chi connectivity index (χ4n) is 4.97. The Morgan fingerprint density at radius 3 is 2.25 bits per heavy atom. The molecule has 1 heterocycles. The quantitative estimate of drug-likeness (QED) is 0.291. The van der Waals surface area contributed by atoms with E-state index in [0.29, 0.717) is 0 Å². The van der Waals surface area contributed by atoms with Gasteiger partial charge in [-0.1, -0.05) is 61.4 Å². The number of aryl methyl sites for hydroxylation is 1. The lowest BCUT2D eigenvalue weighted by Gasteiger charge is -2.32. The maximum atomic E-state index is 13.1. The lowest BCUT2D eigenvalue weighted by Crippen LogP contribution is -2.41. The number of hydrogen-bond acceptors (Lipinski definition) is 5. The minimum atomic E-state index is -3.89. The second kappa shape index (κ2) is 13.6. The Hall–Kier alpha value is -3.69. The molecule has 0 aliphatic carbocycles. The topological polar surface area (TPSA) is 108 Å². The van der Waals surface area contributed by atoms with E-state index in [1.54, 1.807) is 36.4 Å². The van der Waals surface area contributed by atoms with Gasteiger partial charge in [-0.05, 0) is 74.1 Å². The molecule has 1 atom stereocenters. The van der Waals surface area contributed by atoms with Crippen LogP contribution in [0.25, 0.3) is 0 Å². The molecular weight excluding hydrogens is 524 g/mol. The molecule has 8 nitrogen and oxygen atoms in total. The summed E-state index contributed by atoms with van der Waals surface area (Å²) in [6, 6.07) is 21.2. The van der Waals surface area contributed by atoms with Crippen molar-refractivity contribution in [1.29, 1.82) is 0 Å². The number of carbonyl (C=O) groups excluding carboxylic acids is 2. The summed E-state index contributed by atoms with van der Waals surface area (Å²) in [5.74, 6) is -0.682. The van der Waals surface area contributed by atoms with Crippen LogP contribution in [-0.4, -0.2) is 33.3 Å². The minimum absolute atomic E-state index is 0.0553. The van der Waals surface area contributed by atoms with E-state index in [2.05, 4.69) is 45.6 Å². The highest BCUT2D eigenvalue weighted by Gasteiger charge is 2.21. The molecule has 3 aromatic carbocycles. The molecule has 4 rings (SSSR count). The van der Waals surface area contributed by atoms with Crippen LogP contribution in [0.4, 0.5) is 5.69 Å². The number of nitrogens with one attached hydrogen (secondary N) is 3. The van der Waals surface area contributed by atoms with E-state index in [1.807, 2.05) is 13.0 Å². The van der Waals surface area contributed by atoms with Gasteiger partial charge in [-0.15, -0.1) is 4.83 Å². The van der Waals surface area contributed by atoms with Gasteiger partial charge in [0.1, 0.15) is 0 Å². The third-order valence-electron chi connectivity index (χ3n) is 7.13. The van der Waals surface area contributed by atoms with Gasteiger partial charge in [-0.3, -0.25) is 15.0 Å². The highest BCUT2D eigenvalue weighted by atomic mass is 32.2. The van der Waals surface area contributed by atoms with Crippen molar-refractivity contribution < 1.29 is 18.0 Å². The maximum absolute atomic E-state index is 13.1. The van der Waals surface area contributed by atoms with Crippen molar-refractivity contribution in [3.63, 3.8) is 0 Å². The molecule has 1 unspecified atom stereocenters. The molecule has 0 radical (unpaired) electrons. The molecule has 3 aromatic rings. The first kappa shape index (κ1) is 29.3. The number of hydrogen-bond donors (Lipinski definition) is 3. The van der Waals surface area contributed by atoms with Crippen molar-refractivity contribution in [2.45, 2.75) is 63.3 Å². The summed E-state index contributed by atoms with van der Waals surface area (Å²) < 4.78 is 24.9. The summed E-state index contributed by atoms with van der Waals surface area (Å²) in [5, 5.41) is 3.23. The Morgan fingerprint density at radius 1 is 0.900 bits per heavy atom. The Bertz CT molecular complexity index is 1400. The summed E-state index contributed by atoms with van der Waals surface area (Å²) in [7, 11) is -3.89. The molecule has 1 fully saturated rings. The first-order valence-corrected chi connectivity index (χ1v) is 15.4. The molecule has 1 aliphatic heterocycles. The van der Waals surface area contributed by atoms with Crippen molar-refractivity contribution in [2.24, 2.45) is 0 Å². The predicted octanol–water partition coefficient (Wildman–Crippen LogP) is 4.81. The molecule has 40 heavy (non-hydrogen) atoms. The minimum Gasteiger partial charge on any atom is -0.371 e. The number of para-hydroxylation sites is 1. The van der Waals surface area contributed by atoms with Crippen LogP contribution in [0, 0.1) is 6.92 Å². The maximum Gasteiger partial charge on any atom is 0.266 e. The fraction of sp³-hybridized carbons (Fsp3) is 0.355. The average molecular weight is 563 g/mol. The van der Waals surface area contributed by atoms with Crippen molar-refractivity contribution in [3.05, 3.63) is 95.1 Å². The third kappa shape index (κ3) is 7.70. The first-order valence-electron chi connectivity index (χ1n) is 13.9. The molecule has 0 bridgehead atoms. The van der Waals surface area contributed by atoms with Crippen LogP contribution in [0.15, 0.2) is 77.7 Å². The molecule has 0 saturated carbocycles. The number of hydrazine groups is 1. The largest absolute Gasteiger partial charge is 0.371 e. The molecule has 1 aliphatic rings. The monoisotopic (exact) mass is 562 g/mol. The first-order chi connectivity index (χ1) is 19.3. The molecule has 1 saturated heterocycles. The standard InChI is InChI=1S/C31H38N4O4S/c1-3-9-28(27-10-5-6-11-29(27)35-20-7-4-8-21-35)32-30(36)22-24-14-16-25(17-15-24)31(37)33-34-40(38,39)26-18-12-23(2)13-19-26/h5-6,10-19,28,34H,3-4,7-9,20-22H2,1-2H3,(H,32,36)(H,33,37). The van der Waals surface area contributed by atoms with Gasteiger partial charge < -0.3 is 10.2 Å². The highest BCUT2D eigenvalue weighted by molar-refractivity contribution is 7.89. The van der Waals surface area contributed by atoms with Gasteiger partial charge in [0.2, 0.25) is 5.91 Å². The second-order valence-electron chi connectivity index (χ2n) is 10.3. The van der Waals surface area contributed by atoms with Crippen LogP contribution in [0.5, 0.6) is 0 Å². The molecule has 212 valence electrons. The number of carbonyl (C=O) groups is 2. The zero-order valence-electron chi connectivity index (χ0n) is 23.2. The summed E-state index contributed by atoms with van der Waals surface area (Å²) >= 11 is 0.